The topological polar surface area (TPSA) is 106 Å². The maximum atomic E-state index is 12.5. The minimum absolute atomic E-state index is 0.0641. The Hall–Kier alpha value is -1.91. The standard InChI is InChI=1S/C22H33N5O3S2/c1-16-10-11-19(17(2)15-16)32(29,30)24-14-12-21(28)23-13-6-9-20-25-26-22(31-3)27(20)18-7-4-5-8-18/h10-11,15,18,24H,4-9,12-14H2,1-3H3,(H,23,28). The van der Waals surface area contributed by atoms with E-state index < -0.39 is 10.0 Å². The molecule has 8 nitrogen and oxygen atoms in total. The van der Waals surface area contributed by atoms with Gasteiger partial charge in [-0.3, -0.25) is 4.79 Å². The lowest BCUT2D eigenvalue weighted by atomic mass is 10.2. The summed E-state index contributed by atoms with van der Waals surface area (Å²) in [6, 6.07) is 5.68. The zero-order chi connectivity index (χ0) is 23.1. The molecule has 0 atom stereocenters. The highest BCUT2D eigenvalue weighted by molar-refractivity contribution is 7.98. The molecule has 1 aromatic carbocycles. The maximum Gasteiger partial charge on any atom is 0.240 e. The number of aryl methyl sites for hydroxylation is 3. The number of sulfonamides is 1. The van der Waals surface area contributed by atoms with Gasteiger partial charge in [0.2, 0.25) is 15.9 Å². The maximum absolute atomic E-state index is 12.5. The van der Waals surface area contributed by atoms with E-state index in [0.29, 0.717) is 18.2 Å². The third-order valence-corrected chi connectivity index (χ3v) is 8.04. The number of hydrogen-bond acceptors (Lipinski definition) is 6. The van der Waals surface area contributed by atoms with E-state index in [4.69, 9.17) is 0 Å². The Bertz CT molecular complexity index is 1030. The Morgan fingerprint density at radius 1 is 1.19 bits per heavy atom. The highest BCUT2D eigenvalue weighted by Gasteiger charge is 2.23. The van der Waals surface area contributed by atoms with Crippen molar-refractivity contribution in [3.05, 3.63) is 35.2 Å². The summed E-state index contributed by atoms with van der Waals surface area (Å²) >= 11 is 1.62. The predicted molar refractivity (Wildman–Crippen MR) is 126 cm³/mol. The van der Waals surface area contributed by atoms with Gasteiger partial charge in [0.1, 0.15) is 5.82 Å². The number of thioether (sulfide) groups is 1. The van der Waals surface area contributed by atoms with Crippen molar-refractivity contribution in [1.29, 1.82) is 0 Å². The summed E-state index contributed by atoms with van der Waals surface area (Å²) in [5.41, 5.74) is 1.70. The van der Waals surface area contributed by atoms with Gasteiger partial charge in [0, 0.05) is 32.0 Å². The van der Waals surface area contributed by atoms with Crippen LogP contribution in [-0.2, 0) is 21.2 Å². The van der Waals surface area contributed by atoms with Crippen molar-refractivity contribution >= 4 is 27.7 Å². The van der Waals surface area contributed by atoms with E-state index in [2.05, 4.69) is 24.8 Å². The number of nitrogens with one attached hydrogen (secondary N) is 2. The Labute approximate surface area is 195 Å². The van der Waals surface area contributed by atoms with Crippen LogP contribution >= 0.6 is 11.8 Å². The Morgan fingerprint density at radius 3 is 2.62 bits per heavy atom. The number of hydrogen-bond donors (Lipinski definition) is 2. The van der Waals surface area contributed by atoms with Crippen LogP contribution in [0.5, 0.6) is 0 Å². The highest BCUT2D eigenvalue weighted by Crippen LogP contribution is 2.33. The summed E-state index contributed by atoms with van der Waals surface area (Å²) in [5, 5.41) is 12.5. The van der Waals surface area contributed by atoms with Crippen molar-refractivity contribution in [2.75, 3.05) is 19.3 Å². The van der Waals surface area contributed by atoms with Crippen molar-refractivity contribution in [1.82, 2.24) is 24.8 Å². The number of rotatable bonds is 11. The number of carbonyl (C=O) groups is 1. The molecule has 0 aliphatic heterocycles. The molecular formula is C22H33N5O3S2. The minimum atomic E-state index is -3.63. The van der Waals surface area contributed by atoms with Crippen LogP contribution in [-0.4, -0.2) is 48.4 Å². The second kappa shape index (κ2) is 11.3. The molecule has 32 heavy (non-hydrogen) atoms. The highest BCUT2D eigenvalue weighted by atomic mass is 32.2. The molecule has 176 valence electrons. The largest absolute Gasteiger partial charge is 0.356 e. The first-order chi connectivity index (χ1) is 15.3. The van der Waals surface area contributed by atoms with Crippen molar-refractivity contribution in [2.45, 2.75) is 74.9 Å². The van der Waals surface area contributed by atoms with Crippen LogP contribution in [0.15, 0.2) is 28.3 Å². The summed E-state index contributed by atoms with van der Waals surface area (Å²) in [6.07, 6.45) is 8.48. The predicted octanol–water partition coefficient (Wildman–Crippen LogP) is 3.15. The Kier molecular flexibility index (Phi) is 8.72. The van der Waals surface area contributed by atoms with E-state index >= 15 is 0 Å². The second-order valence-electron chi connectivity index (χ2n) is 8.28. The van der Waals surface area contributed by atoms with Gasteiger partial charge in [0.15, 0.2) is 5.16 Å². The number of carbonyl (C=O) groups excluding carboxylic acids is 1. The summed E-state index contributed by atoms with van der Waals surface area (Å²) < 4.78 is 29.7. The van der Waals surface area contributed by atoms with E-state index in [1.54, 1.807) is 30.8 Å². The second-order valence-corrected chi connectivity index (χ2v) is 10.8. The minimum Gasteiger partial charge on any atom is -0.356 e. The fourth-order valence-electron chi connectivity index (χ4n) is 4.19. The number of benzene rings is 1. The van der Waals surface area contributed by atoms with Crippen LogP contribution < -0.4 is 10.0 Å². The van der Waals surface area contributed by atoms with Gasteiger partial charge < -0.3 is 9.88 Å². The van der Waals surface area contributed by atoms with Gasteiger partial charge in [0.25, 0.3) is 0 Å². The molecule has 1 heterocycles. The van der Waals surface area contributed by atoms with Crippen LogP contribution in [0.25, 0.3) is 0 Å². The van der Waals surface area contributed by atoms with Crippen LogP contribution in [0.1, 0.15) is 61.5 Å². The van der Waals surface area contributed by atoms with Gasteiger partial charge in [0.05, 0.1) is 4.90 Å². The number of nitrogens with zero attached hydrogens (tertiary/aromatic N) is 3. The molecule has 0 unspecified atom stereocenters. The van der Waals surface area contributed by atoms with Crippen LogP contribution in [0.2, 0.25) is 0 Å². The van der Waals surface area contributed by atoms with Crippen LogP contribution in [0, 0.1) is 13.8 Å². The molecule has 1 amide bonds. The molecule has 2 N–H and O–H groups in total. The quantitative estimate of drug-likeness (QED) is 0.379. The third kappa shape index (κ3) is 6.32. The fraction of sp³-hybridized carbons (Fsp3) is 0.591. The average Bonchev–Trinajstić information content (AvgIpc) is 3.40. The summed E-state index contributed by atoms with van der Waals surface area (Å²) in [4.78, 5) is 12.4. The SMILES string of the molecule is CSc1nnc(CCCNC(=O)CCNS(=O)(=O)c2ccc(C)cc2C)n1C1CCCC1. The van der Waals surface area contributed by atoms with Gasteiger partial charge in [-0.2, -0.15) is 0 Å². The summed E-state index contributed by atoms with van der Waals surface area (Å²) in [5.74, 6) is 0.812. The van der Waals surface area contributed by atoms with Crippen molar-refractivity contribution in [3.8, 4) is 0 Å². The molecule has 0 saturated heterocycles. The molecule has 1 saturated carbocycles. The molecule has 10 heteroatoms. The molecule has 1 fully saturated rings. The van der Waals surface area contributed by atoms with Crippen LogP contribution in [0.4, 0.5) is 0 Å². The molecule has 0 bridgehead atoms. The van der Waals surface area contributed by atoms with E-state index in [9.17, 15) is 13.2 Å². The molecule has 1 aliphatic carbocycles. The van der Waals surface area contributed by atoms with E-state index in [0.717, 1.165) is 29.4 Å². The first-order valence-corrected chi connectivity index (χ1v) is 13.8. The van der Waals surface area contributed by atoms with Crippen molar-refractivity contribution in [2.24, 2.45) is 0 Å². The third-order valence-electron chi connectivity index (χ3n) is 5.77. The normalized spacial score (nSPS) is 14.7. The lowest BCUT2D eigenvalue weighted by Crippen LogP contribution is -2.31. The van der Waals surface area contributed by atoms with Crippen molar-refractivity contribution in [3.63, 3.8) is 0 Å². The molecular weight excluding hydrogens is 446 g/mol. The molecule has 0 spiro atoms. The summed E-state index contributed by atoms with van der Waals surface area (Å²) in [7, 11) is -3.63. The van der Waals surface area contributed by atoms with Gasteiger partial charge >= 0.3 is 0 Å². The molecule has 3 rings (SSSR count). The fourth-order valence-corrected chi connectivity index (χ4v) is 6.02. The lowest BCUT2D eigenvalue weighted by Gasteiger charge is -2.16. The number of amides is 1. The zero-order valence-electron chi connectivity index (χ0n) is 19.1. The van der Waals surface area contributed by atoms with Crippen molar-refractivity contribution < 1.29 is 13.2 Å². The molecule has 1 aromatic heterocycles. The van der Waals surface area contributed by atoms with Gasteiger partial charge in [-0.15, -0.1) is 10.2 Å². The van der Waals surface area contributed by atoms with E-state index in [1.165, 1.54) is 25.7 Å². The first kappa shape index (κ1) is 24.7. The smallest absolute Gasteiger partial charge is 0.240 e. The Balaban J connectivity index is 1.41. The molecule has 1 aliphatic rings. The zero-order valence-corrected chi connectivity index (χ0v) is 20.7. The molecule has 0 radical (unpaired) electrons. The van der Waals surface area contributed by atoms with E-state index in [-0.39, 0.29) is 23.8 Å². The van der Waals surface area contributed by atoms with E-state index in [1.807, 2.05) is 19.2 Å². The van der Waals surface area contributed by atoms with Crippen LogP contribution in [0.3, 0.4) is 0 Å². The van der Waals surface area contributed by atoms with Gasteiger partial charge in [-0.05, 0) is 51.0 Å². The van der Waals surface area contributed by atoms with Gasteiger partial charge in [-0.1, -0.05) is 42.3 Å². The average molecular weight is 480 g/mol. The monoisotopic (exact) mass is 479 g/mol. The Morgan fingerprint density at radius 2 is 1.94 bits per heavy atom. The number of aromatic nitrogens is 3. The van der Waals surface area contributed by atoms with Gasteiger partial charge in [-0.25, -0.2) is 13.1 Å². The first-order valence-electron chi connectivity index (χ1n) is 11.1. The molecule has 2 aromatic rings. The summed E-state index contributed by atoms with van der Waals surface area (Å²) in [6.45, 7) is 4.27. The lowest BCUT2D eigenvalue weighted by molar-refractivity contribution is -0.120.